The molecule has 1 heterocycles. The Hall–Kier alpha value is -1.30. The van der Waals surface area contributed by atoms with Crippen molar-refractivity contribution in [2.45, 2.75) is 32.9 Å². The molecule has 3 nitrogen and oxygen atoms in total. The van der Waals surface area contributed by atoms with Crippen LogP contribution in [0.15, 0.2) is 18.3 Å². The van der Waals surface area contributed by atoms with E-state index in [4.69, 9.17) is 5.73 Å². The van der Waals surface area contributed by atoms with Gasteiger partial charge >= 0.3 is 6.18 Å². The molecule has 0 amide bonds. The van der Waals surface area contributed by atoms with Crippen molar-refractivity contribution < 1.29 is 13.2 Å². The molecule has 0 bridgehead atoms. The second kappa shape index (κ2) is 6.23. The zero-order valence-corrected chi connectivity index (χ0v) is 11.2. The third-order valence-electron chi connectivity index (χ3n) is 2.91. The number of aromatic nitrogens is 1. The minimum atomic E-state index is -4.39. The van der Waals surface area contributed by atoms with Crippen molar-refractivity contribution in [3.8, 4) is 0 Å². The molecule has 0 aliphatic carbocycles. The molecule has 19 heavy (non-hydrogen) atoms. The molecule has 108 valence electrons. The van der Waals surface area contributed by atoms with E-state index in [0.717, 1.165) is 18.9 Å². The van der Waals surface area contributed by atoms with Crippen molar-refractivity contribution in [1.29, 1.82) is 0 Å². The third-order valence-corrected chi connectivity index (χ3v) is 2.91. The van der Waals surface area contributed by atoms with E-state index < -0.39 is 11.7 Å². The van der Waals surface area contributed by atoms with Crippen molar-refractivity contribution in [2.24, 2.45) is 11.1 Å². The fraction of sp³-hybridized carbons (Fsp3) is 0.615. The number of pyridine rings is 1. The second-order valence-electron chi connectivity index (χ2n) is 5.31. The fourth-order valence-electron chi connectivity index (χ4n) is 1.77. The van der Waals surface area contributed by atoms with E-state index in [1.807, 2.05) is 13.8 Å². The van der Waals surface area contributed by atoms with Crippen molar-refractivity contribution in [3.05, 3.63) is 23.9 Å². The molecule has 6 heteroatoms. The average molecular weight is 275 g/mol. The number of alkyl halides is 3. The van der Waals surface area contributed by atoms with E-state index in [1.165, 1.54) is 12.3 Å². The van der Waals surface area contributed by atoms with Crippen molar-refractivity contribution in [3.63, 3.8) is 0 Å². The van der Waals surface area contributed by atoms with E-state index in [1.54, 1.807) is 0 Å². The van der Waals surface area contributed by atoms with Crippen LogP contribution in [0.1, 0.15) is 32.3 Å². The number of nitrogens with zero attached hydrogens (tertiary/aromatic N) is 1. The first-order chi connectivity index (χ1) is 8.76. The summed E-state index contributed by atoms with van der Waals surface area (Å²) in [5.74, 6) is -0.115. The van der Waals surface area contributed by atoms with Gasteiger partial charge in [-0.2, -0.15) is 13.2 Å². The highest BCUT2D eigenvalue weighted by Crippen LogP contribution is 2.34. The van der Waals surface area contributed by atoms with Crippen LogP contribution in [0.5, 0.6) is 0 Å². The maximum Gasteiger partial charge on any atom is 0.419 e. The van der Waals surface area contributed by atoms with Crippen molar-refractivity contribution >= 4 is 5.82 Å². The first-order valence-electron chi connectivity index (χ1n) is 6.22. The molecule has 0 radical (unpaired) electrons. The first kappa shape index (κ1) is 15.8. The number of anilines is 1. The highest BCUT2D eigenvalue weighted by molar-refractivity contribution is 5.45. The summed E-state index contributed by atoms with van der Waals surface area (Å²) in [6, 6.07) is 2.32. The number of hydrogen-bond acceptors (Lipinski definition) is 3. The lowest BCUT2D eigenvalue weighted by Crippen LogP contribution is -2.25. The molecule has 0 saturated heterocycles. The number of hydrogen-bond donors (Lipinski definition) is 2. The first-order valence-corrected chi connectivity index (χ1v) is 6.22. The Bertz CT molecular complexity index is 402. The van der Waals surface area contributed by atoms with Gasteiger partial charge in [-0.05, 0) is 36.9 Å². The van der Waals surface area contributed by atoms with Gasteiger partial charge in [0.1, 0.15) is 5.82 Å². The molecule has 0 aliphatic heterocycles. The number of rotatable bonds is 6. The Balaban J connectivity index is 2.73. The van der Waals surface area contributed by atoms with Gasteiger partial charge in [0.25, 0.3) is 0 Å². The van der Waals surface area contributed by atoms with E-state index in [-0.39, 0.29) is 11.2 Å². The number of halogens is 3. The van der Waals surface area contributed by atoms with Crippen LogP contribution in [0, 0.1) is 5.41 Å². The molecule has 1 aromatic heterocycles. The van der Waals surface area contributed by atoms with Crippen LogP contribution in [-0.4, -0.2) is 18.1 Å². The van der Waals surface area contributed by atoms with Crippen LogP contribution in [0.3, 0.4) is 0 Å². The summed E-state index contributed by atoms with van der Waals surface area (Å²) in [6.07, 6.45) is -1.34. The molecular formula is C13H20F3N3. The van der Waals surface area contributed by atoms with Gasteiger partial charge in [0.05, 0.1) is 5.56 Å². The third kappa shape index (κ3) is 5.06. The molecule has 0 atom stereocenters. The average Bonchev–Trinajstić information content (AvgIpc) is 2.33. The zero-order valence-electron chi connectivity index (χ0n) is 11.2. The van der Waals surface area contributed by atoms with Gasteiger partial charge in [-0.25, -0.2) is 4.98 Å². The molecule has 1 aromatic rings. The highest BCUT2D eigenvalue weighted by atomic mass is 19.4. The fourth-order valence-corrected chi connectivity index (χ4v) is 1.77. The summed E-state index contributed by atoms with van der Waals surface area (Å²) < 4.78 is 38.3. The molecule has 0 spiro atoms. The Morgan fingerprint density at radius 2 is 2.00 bits per heavy atom. The molecule has 3 N–H and O–H groups in total. The quantitative estimate of drug-likeness (QED) is 0.837. The number of nitrogens with one attached hydrogen (secondary N) is 1. The van der Waals surface area contributed by atoms with Gasteiger partial charge in [-0.3, -0.25) is 0 Å². The molecule has 0 aromatic carbocycles. The summed E-state index contributed by atoms with van der Waals surface area (Å²) in [6.45, 7) is 4.99. The van der Waals surface area contributed by atoms with Gasteiger partial charge in [0, 0.05) is 12.7 Å². The maximum absolute atomic E-state index is 12.8. The van der Waals surface area contributed by atoms with Gasteiger partial charge in [-0.1, -0.05) is 13.8 Å². The van der Waals surface area contributed by atoms with E-state index >= 15 is 0 Å². The van der Waals surface area contributed by atoms with Crippen LogP contribution in [0.25, 0.3) is 0 Å². The Kier molecular flexibility index (Phi) is 5.17. The van der Waals surface area contributed by atoms with Crippen LogP contribution in [0.2, 0.25) is 0 Å². The zero-order chi connectivity index (χ0) is 14.5. The van der Waals surface area contributed by atoms with E-state index in [2.05, 4.69) is 10.3 Å². The molecular weight excluding hydrogens is 255 g/mol. The molecule has 0 unspecified atom stereocenters. The Labute approximate surface area is 111 Å². The monoisotopic (exact) mass is 275 g/mol. The summed E-state index contributed by atoms with van der Waals surface area (Å²) in [5.41, 5.74) is 4.59. The summed E-state index contributed by atoms with van der Waals surface area (Å²) in [5, 5.41) is 2.80. The van der Waals surface area contributed by atoms with Crippen LogP contribution in [0.4, 0.5) is 19.0 Å². The topological polar surface area (TPSA) is 50.9 Å². The summed E-state index contributed by atoms with van der Waals surface area (Å²) in [4.78, 5) is 3.77. The Morgan fingerprint density at radius 1 is 1.32 bits per heavy atom. The van der Waals surface area contributed by atoms with Gasteiger partial charge in [0.15, 0.2) is 0 Å². The predicted octanol–water partition coefficient (Wildman–Crippen LogP) is 3.28. The largest absolute Gasteiger partial charge is 0.419 e. The van der Waals surface area contributed by atoms with Crippen molar-refractivity contribution in [2.75, 3.05) is 18.4 Å². The predicted molar refractivity (Wildman–Crippen MR) is 69.8 cm³/mol. The van der Waals surface area contributed by atoms with E-state index in [9.17, 15) is 13.2 Å². The summed E-state index contributed by atoms with van der Waals surface area (Å²) in [7, 11) is 0. The lowest BCUT2D eigenvalue weighted by molar-refractivity contribution is -0.137. The minimum absolute atomic E-state index is 0.115. The molecule has 1 rings (SSSR count). The standard InChI is InChI=1S/C13H20F3N3/c1-12(2,6-4-7-17)9-19-11-10(13(14,15)16)5-3-8-18-11/h3,5,8H,4,6-7,9,17H2,1-2H3,(H,18,19). The minimum Gasteiger partial charge on any atom is -0.369 e. The van der Waals surface area contributed by atoms with Gasteiger partial charge in [-0.15, -0.1) is 0 Å². The highest BCUT2D eigenvalue weighted by Gasteiger charge is 2.34. The van der Waals surface area contributed by atoms with Gasteiger partial charge in [0.2, 0.25) is 0 Å². The number of nitrogens with two attached hydrogens (primary N) is 1. The van der Waals surface area contributed by atoms with Crippen LogP contribution in [-0.2, 0) is 6.18 Å². The normalized spacial score (nSPS) is 12.5. The van der Waals surface area contributed by atoms with Crippen LogP contribution >= 0.6 is 0 Å². The van der Waals surface area contributed by atoms with Gasteiger partial charge < -0.3 is 11.1 Å². The molecule has 0 saturated carbocycles. The van der Waals surface area contributed by atoms with Crippen LogP contribution < -0.4 is 11.1 Å². The molecule has 0 aliphatic rings. The lowest BCUT2D eigenvalue weighted by Gasteiger charge is -2.25. The van der Waals surface area contributed by atoms with E-state index in [0.29, 0.717) is 13.1 Å². The maximum atomic E-state index is 12.8. The smallest absolute Gasteiger partial charge is 0.369 e. The lowest BCUT2D eigenvalue weighted by atomic mass is 9.88. The second-order valence-corrected chi connectivity index (χ2v) is 5.31. The SMILES string of the molecule is CC(C)(CCCN)CNc1ncccc1C(F)(F)F. The molecule has 0 fully saturated rings. The Morgan fingerprint density at radius 3 is 2.58 bits per heavy atom. The van der Waals surface area contributed by atoms with Crippen molar-refractivity contribution in [1.82, 2.24) is 4.98 Å². The summed E-state index contributed by atoms with van der Waals surface area (Å²) >= 11 is 0.